The standard InChI is InChI=1S/C23H16N2O3/c24-16-19(22(26)25-20-9-5-2-6-10-20)15-17-11-13-21(14-12-17)28-23(27)18-7-3-1-4-8-18/h1-15H,(H,25,26). The first-order valence-corrected chi connectivity index (χ1v) is 8.51. The lowest BCUT2D eigenvalue weighted by atomic mass is 10.1. The molecule has 3 aromatic rings. The third kappa shape index (κ3) is 4.93. The second-order valence-electron chi connectivity index (χ2n) is 5.81. The zero-order chi connectivity index (χ0) is 19.8. The smallest absolute Gasteiger partial charge is 0.343 e. The predicted molar refractivity (Wildman–Crippen MR) is 107 cm³/mol. The van der Waals surface area contributed by atoms with Crippen molar-refractivity contribution in [2.24, 2.45) is 0 Å². The second-order valence-corrected chi connectivity index (χ2v) is 5.81. The number of para-hydroxylation sites is 1. The molecule has 28 heavy (non-hydrogen) atoms. The summed E-state index contributed by atoms with van der Waals surface area (Å²) in [5.74, 6) is -0.574. The average molecular weight is 368 g/mol. The van der Waals surface area contributed by atoms with Gasteiger partial charge in [-0.2, -0.15) is 5.26 Å². The van der Waals surface area contributed by atoms with E-state index in [2.05, 4.69) is 5.32 Å². The van der Waals surface area contributed by atoms with Crippen molar-refractivity contribution in [2.45, 2.75) is 0 Å². The van der Waals surface area contributed by atoms with E-state index in [0.29, 0.717) is 22.6 Å². The van der Waals surface area contributed by atoms with Gasteiger partial charge >= 0.3 is 5.97 Å². The summed E-state index contributed by atoms with van der Waals surface area (Å²) < 4.78 is 5.31. The van der Waals surface area contributed by atoms with Gasteiger partial charge in [-0.3, -0.25) is 4.79 Å². The van der Waals surface area contributed by atoms with Crippen LogP contribution in [0.5, 0.6) is 5.75 Å². The van der Waals surface area contributed by atoms with Gasteiger partial charge in [0.1, 0.15) is 17.4 Å². The van der Waals surface area contributed by atoms with Gasteiger partial charge in [0.2, 0.25) is 0 Å². The number of hydrogen-bond donors (Lipinski definition) is 1. The summed E-state index contributed by atoms with van der Waals surface area (Å²) >= 11 is 0. The van der Waals surface area contributed by atoms with Gasteiger partial charge in [0.15, 0.2) is 0 Å². The Balaban J connectivity index is 1.68. The Bertz CT molecular complexity index is 1030. The number of anilines is 1. The molecule has 136 valence electrons. The van der Waals surface area contributed by atoms with Crippen molar-refractivity contribution in [3.8, 4) is 11.8 Å². The summed E-state index contributed by atoms with van der Waals surface area (Å²) in [4.78, 5) is 24.3. The maximum Gasteiger partial charge on any atom is 0.343 e. The van der Waals surface area contributed by atoms with Crippen molar-refractivity contribution in [1.29, 1.82) is 5.26 Å². The first-order chi connectivity index (χ1) is 13.7. The number of ether oxygens (including phenoxy) is 1. The molecule has 1 amide bonds. The van der Waals surface area contributed by atoms with Crippen molar-refractivity contribution in [1.82, 2.24) is 0 Å². The Kier molecular flexibility index (Phi) is 5.96. The molecule has 0 spiro atoms. The number of nitrogens with one attached hydrogen (secondary N) is 1. The summed E-state index contributed by atoms with van der Waals surface area (Å²) in [5, 5.41) is 12.0. The number of carbonyl (C=O) groups is 2. The zero-order valence-corrected chi connectivity index (χ0v) is 14.8. The first-order valence-electron chi connectivity index (χ1n) is 8.51. The Labute approximate surface area is 162 Å². The highest BCUT2D eigenvalue weighted by Gasteiger charge is 2.10. The molecule has 5 heteroatoms. The van der Waals surface area contributed by atoms with E-state index >= 15 is 0 Å². The number of esters is 1. The zero-order valence-electron chi connectivity index (χ0n) is 14.8. The van der Waals surface area contributed by atoms with Crippen LogP contribution in [0.4, 0.5) is 5.69 Å². The highest BCUT2D eigenvalue weighted by molar-refractivity contribution is 6.09. The van der Waals surface area contributed by atoms with Crippen molar-refractivity contribution < 1.29 is 14.3 Å². The summed E-state index contributed by atoms with van der Waals surface area (Å²) in [7, 11) is 0. The SMILES string of the molecule is N#CC(=Cc1ccc(OC(=O)c2ccccc2)cc1)C(=O)Nc1ccccc1. The molecule has 0 radical (unpaired) electrons. The van der Waals surface area contributed by atoms with E-state index in [0.717, 1.165) is 0 Å². The molecule has 0 saturated carbocycles. The quantitative estimate of drug-likeness (QED) is 0.312. The van der Waals surface area contributed by atoms with Gasteiger partial charge in [0.25, 0.3) is 5.91 Å². The molecule has 0 aliphatic rings. The molecule has 0 bridgehead atoms. The van der Waals surface area contributed by atoms with E-state index in [4.69, 9.17) is 4.74 Å². The molecule has 0 saturated heterocycles. The molecular weight excluding hydrogens is 352 g/mol. The van der Waals surface area contributed by atoms with Gasteiger partial charge in [0, 0.05) is 5.69 Å². The molecule has 3 rings (SSSR count). The lowest BCUT2D eigenvalue weighted by Gasteiger charge is -2.05. The van der Waals surface area contributed by atoms with E-state index in [1.165, 1.54) is 6.08 Å². The highest BCUT2D eigenvalue weighted by Crippen LogP contribution is 2.17. The number of amides is 1. The van der Waals surface area contributed by atoms with Crippen molar-refractivity contribution >= 4 is 23.6 Å². The van der Waals surface area contributed by atoms with Gasteiger partial charge in [-0.05, 0) is 48.0 Å². The minimum absolute atomic E-state index is 0.0297. The highest BCUT2D eigenvalue weighted by atomic mass is 16.5. The topological polar surface area (TPSA) is 79.2 Å². The molecule has 5 nitrogen and oxygen atoms in total. The summed E-state index contributed by atoms with van der Waals surface area (Å²) in [6, 6.07) is 26.0. The molecule has 0 aromatic heterocycles. The molecule has 0 atom stereocenters. The Morgan fingerprint density at radius 1 is 0.857 bits per heavy atom. The van der Waals surface area contributed by atoms with Crippen LogP contribution in [0.3, 0.4) is 0 Å². The second kappa shape index (κ2) is 8.97. The van der Waals surface area contributed by atoms with Crippen LogP contribution >= 0.6 is 0 Å². The third-order valence-corrected chi connectivity index (χ3v) is 3.81. The van der Waals surface area contributed by atoms with E-state index < -0.39 is 11.9 Å². The normalized spacial score (nSPS) is 10.6. The molecule has 1 N–H and O–H groups in total. The summed E-state index contributed by atoms with van der Waals surface area (Å²) in [6.45, 7) is 0. The van der Waals surface area contributed by atoms with Crippen LogP contribution in [0.2, 0.25) is 0 Å². The summed E-state index contributed by atoms with van der Waals surface area (Å²) in [5.41, 5.74) is 1.67. The van der Waals surface area contributed by atoms with Crippen LogP contribution in [-0.2, 0) is 4.79 Å². The van der Waals surface area contributed by atoms with Gasteiger partial charge < -0.3 is 10.1 Å². The fourth-order valence-corrected chi connectivity index (χ4v) is 2.41. The fraction of sp³-hybridized carbons (Fsp3) is 0. The van der Waals surface area contributed by atoms with Gasteiger partial charge in [0.05, 0.1) is 5.56 Å². The number of nitrogens with zero attached hydrogens (tertiary/aromatic N) is 1. The summed E-state index contributed by atoms with van der Waals surface area (Å²) in [6.07, 6.45) is 1.47. The molecule has 0 aliphatic carbocycles. The van der Waals surface area contributed by atoms with Crippen LogP contribution in [0.25, 0.3) is 6.08 Å². The maximum absolute atomic E-state index is 12.2. The molecule has 3 aromatic carbocycles. The fourth-order valence-electron chi connectivity index (χ4n) is 2.41. The number of carbonyl (C=O) groups excluding carboxylic acids is 2. The minimum atomic E-state index is -0.492. The largest absolute Gasteiger partial charge is 0.423 e. The monoisotopic (exact) mass is 368 g/mol. The minimum Gasteiger partial charge on any atom is -0.423 e. The maximum atomic E-state index is 12.2. The predicted octanol–water partition coefficient (Wildman–Crippen LogP) is 4.45. The van der Waals surface area contributed by atoms with Crippen molar-refractivity contribution in [3.05, 3.63) is 102 Å². The van der Waals surface area contributed by atoms with E-state index in [1.807, 2.05) is 18.2 Å². The molecule has 0 aliphatic heterocycles. The van der Waals surface area contributed by atoms with Gasteiger partial charge in [-0.1, -0.05) is 48.5 Å². The Morgan fingerprint density at radius 3 is 2.07 bits per heavy atom. The third-order valence-electron chi connectivity index (χ3n) is 3.81. The van der Waals surface area contributed by atoms with Gasteiger partial charge in [-0.25, -0.2) is 4.79 Å². The van der Waals surface area contributed by atoms with E-state index in [-0.39, 0.29) is 5.57 Å². The number of nitriles is 1. The molecular formula is C23H16N2O3. The number of rotatable bonds is 5. The Hall–Kier alpha value is -4.17. The molecule has 0 unspecified atom stereocenters. The van der Waals surface area contributed by atoms with Crippen molar-refractivity contribution in [2.75, 3.05) is 5.32 Å². The lowest BCUT2D eigenvalue weighted by molar-refractivity contribution is -0.112. The molecule has 0 fully saturated rings. The van der Waals surface area contributed by atoms with Crippen LogP contribution in [0.15, 0.2) is 90.5 Å². The number of hydrogen-bond acceptors (Lipinski definition) is 4. The van der Waals surface area contributed by atoms with Gasteiger partial charge in [-0.15, -0.1) is 0 Å². The Morgan fingerprint density at radius 2 is 1.46 bits per heavy atom. The van der Waals surface area contributed by atoms with Crippen LogP contribution < -0.4 is 10.1 Å². The van der Waals surface area contributed by atoms with E-state index in [9.17, 15) is 14.9 Å². The average Bonchev–Trinajstić information content (AvgIpc) is 2.74. The van der Waals surface area contributed by atoms with E-state index in [1.54, 1.807) is 72.8 Å². The first kappa shape index (κ1) is 18.6. The molecule has 0 heterocycles. The van der Waals surface area contributed by atoms with Crippen LogP contribution in [0, 0.1) is 11.3 Å². The van der Waals surface area contributed by atoms with Crippen LogP contribution in [0.1, 0.15) is 15.9 Å². The van der Waals surface area contributed by atoms with Crippen molar-refractivity contribution in [3.63, 3.8) is 0 Å². The van der Waals surface area contributed by atoms with Crippen LogP contribution in [-0.4, -0.2) is 11.9 Å². The number of benzene rings is 3. The lowest BCUT2D eigenvalue weighted by Crippen LogP contribution is -2.13.